The first-order valence-electron chi connectivity index (χ1n) is 7.45. The second-order valence-corrected chi connectivity index (χ2v) is 6.18. The summed E-state index contributed by atoms with van der Waals surface area (Å²) in [7, 11) is 0. The number of hydrogen-bond donors (Lipinski definition) is 1. The maximum Gasteiger partial charge on any atom is 0.0291 e. The highest BCUT2D eigenvalue weighted by Crippen LogP contribution is 2.28. The molecular formula is C17H27N. The van der Waals surface area contributed by atoms with Crippen molar-refractivity contribution in [2.45, 2.75) is 52.5 Å². The van der Waals surface area contributed by atoms with Crippen LogP contribution in [0.5, 0.6) is 0 Å². The van der Waals surface area contributed by atoms with Crippen molar-refractivity contribution in [3.8, 4) is 0 Å². The van der Waals surface area contributed by atoms with Crippen LogP contribution in [0.15, 0.2) is 24.3 Å². The molecule has 18 heavy (non-hydrogen) atoms. The van der Waals surface area contributed by atoms with Crippen LogP contribution in [0.4, 0.5) is 0 Å². The van der Waals surface area contributed by atoms with Gasteiger partial charge in [0.25, 0.3) is 0 Å². The zero-order chi connectivity index (χ0) is 13.0. The van der Waals surface area contributed by atoms with E-state index < -0.39 is 0 Å². The molecule has 0 amide bonds. The van der Waals surface area contributed by atoms with Crippen molar-refractivity contribution in [2.75, 3.05) is 6.54 Å². The molecule has 2 rings (SSSR count). The number of hydrogen-bond acceptors (Lipinski definition) is 1. The molecule has 1 heteroatoms. The fraction of sp³-hybridized carbons (Fsp3) is 0.647. The van der Waals surface area contributed by atoms with Gasteiger partial charge in [0.2, 0.25) is 0 Å². The first-order valence-corrected chi connectivity index (χ1v) is 7.45. The summed E-state index contributed by atoms with van der Waals surface area (Å²) < 4.78 is 0. The van der Waals surface area contributed by atoms with Crippen LogP contribution in [0.2, 0.25) is 0 Å². The standard InChI is InChI=1S/C17H27N/c1-13-7-9-17(10-8-13)15(3)18-12-16-6-4-5-14(2)11-16/h7-10,14-16,18H,4-6,11-12H2,1-3H3/t14?,15-,16?/m0/s1. The molecule has 2 unspecified atom stereocenters. The molecule has 0 bridgehead atoms. The fourth-order valence-corrected chi connectivity index (χ4v) is 3.06. The van der Waals surface area contributed by atoms with Crippen LogP contribution in [0.3, 0.4) is 0 Å². The molecule has 100 valence electrons. The zero-order valence-corrected chi connectivity index (χ0v) is 12.1. The van der Waals surface area contributed by atoms with Crippen molar-refractivity contribution in [3.63, 3.8) is 0 Å². The van der Waals surface area contributed by atoms with E-state index in [9.17, 15) is 0 Å². The largest absolute Gasteiger partial charge is 0.310 e. The molecular weight excluding hydrogens is 218 g/mol. The van der Waals surface area contributed by atoms with E-state index in [-0.39, 0.29) is 0 Å². The Morgan fingerprint density at radius 1 is 1.22 bits per heavy atom. The van der Waals surface area contributed by atoms with E-state index >= 15 is 0 Å². The molecule has 1 aromatic carbocycles. The topological polar surface area (TPSA) is 12.0 Å². The van der Waals surface area contributed by atoms with Crippen molar-refractivity contribution in [3.05, 3.63) is 35.4 Å². The lowest BCUT2D eigenvalue weighted by molar-refractivity contribution is 0.268. The van der Waals surface area contributed by atoms with Gasteiger partial charge >= 0.3 is 0 Å². The highest BCUT2D eigenvalue weighted by molar-refractivity contribution is 5.23. The Labute approximate surface area is 112 Å². The maximum absolute atomic E-state index is 3.71. The molecule has 1 fully saturated rings. The molecule has 1 aromatic rings. The Morgan fingerprint density at radius 2 is 1.94 bits per heavy atom. The minimum atomic E-state index is 0.475. The van der Waals surface area contributed by atoms with Crippen molar-refractivity contribution >= 4 is 0 Å². The third-order valence-corrected chi connectivity index (χ3v) is 4.34. The van der Waals surface area contributed by atoms with E-state index in [1.165, 1.54) is 43.4 Å². The molecule has 1 N–H and O–H groups in total. The van der Waals surface area contributed by atoms with Crippen molar-refractivity contribution in [2.24, 2.45) is 11.8 Å². The van der Waals surface area contributed by atoms with Crippen LogP contribution >= 0.6 is 0 Å². The van der Waals surface area contributed by atoms with Gasteiger partial charge in [0.05, 0.1) is 0 Å². The van der Waals surface area contributed by atoms with Crippen LogP contribution in [-0.2, 0) is 0 Å². The monoisotopic (exact) mass is 245 g/mol. The average molecular weight is 245 g/mol. The van der Waals surface area contributed by atoms with Crippen LogP contribution in [0, 0.1) is 18.8 Å². The number of aryl methyl sites for hydroxylation is 1. The number of nitrogens with one attached hydrogen (secondary N) is 1. The zero-order valence-electron chi connectivity index (χ0n) is 12.1. The third-order valence-electron chi connectivity index (χ3n) is 4.34. The molecule has 3 atom stereocenters. The van der Waals surface area contributed by atoms with Gasteiger partial charge in [0.15, 0.2) is 0 Å². The van der Waals surface area contributed by atoms with Gasteiger partial charge in [-0.25, -0.2) is 0 Å². The van der Waals surface area contributed by atoms with Crippen molar-refractivity contribution in [1.29, 1.82) is 0 Å². The van der Waals surface area contributed by atoms with Crippen LogP contribution < -0.4 is 5.32 Å². The first kappa shape index (κ1) is 13.6. The number of benzene rings is 1. The van der Waals surface area contributed by atoms with Gasteiger partial charge in [-0.2, -0.15) is 0 Å². The average Bonchev–Trinajstić information content (AvgIpc) is 2.37. The van der Waals surface area contributed by atoms with E-state index in [1.54, 1.807) is 0 Å². The predicted molar refractivity (Wildman–Crippen MR) is 78.7 cm³/mol. The summed E-state index contributed by atoms with van der Waals surface area (Å²) in [6, 6.07) is 9.38. The molecule has 0 aliphatic heterocycles. The van der Waals surface area contributed by atoms with Crippen LogP contribution in [0.25, 0.3) is 0 Å². The second kappa shape index (κ2) is 6.38. The second-order valence-electron chi connectivity index (χ2n) is 6.18. The van der Waals surface area contributed by atoms with E-state index in [0.717, 1.165) is 11.8 Å². The minimum Gasteiger partial charge on any atom is -0.310 e. The highest BCUT2D eigenvalue weighted by atomic mass is 14.9. The lowest BCUT2D eigenvalue weighted by Crippen LogP contribution is -2.28. The summed E-state index contributed by atoms with van der Waals surface area (Å²) in [5, 5.41) is 3.71. The summed E-state index contributed by atoms with van der Waals surface area (Å²) in [6.07, 6.45) is 5.68. The van der Waals surface area contributed by atoms with Gasteiger partial charge in [0, 0.05) is 6.04 Å². The molecule has 0 heterocycles. The molecule has 1 nitrogen and oxygen atoms in total. The van der Waals surface area contributed by atoms with E-state index in [4.69, 9.17) is 0 Å². The Bertz CT molecular complexity index is 354. The van der Waals surface area contributed by atoms with Gasteiger partial charge in [-0.15, -0.1) is 0 Å². The molecule has 1 aliphatic rings. The van der Waals surface area contributed by atoms with Crippen molar-refractivity contribution < 1.29 is 0 Å². The number of rotatable bonds is 4. The Morgan fingerprint density at radius 3 is 2.61 bits per heavy atom. The van der Waals surface area contributed by atoms with Gasteiger partial charge in [0.1, 0.15) is 0 Å². The van der Waals surface area contributed by atoms with Crippen LogP contribution in [0.1, 0.15) is 56.7 Å². The molecule has 1 saturated carbocycles. The lowest BCUT2D eigenvalue weighted by atomic mass is 9.82. The Kier molecular flexibility index (Phi) is 4.82. The molecule has 0 radical (unpaired) electrons. The predicted octanol–water partition coefficient (Wildman–Crippen LogP) is 4.47. The molecule has 0 aromatic heterocycles. The quantitative estimate of drug-likeness (QED) is 0.825. The Balaban J connectivity index is 1.80. The molecule has 0 spiro atoms. The maximum atomic E-state index is 3.71. The SMILES string of the molecule is Cc1ccc([C@H](C)NCC2CCCC(C)C2)cc1. The van der Waals surface area contributed by atoms with E-state index in [0.29, 0.717) is 6.04 Å². The Hall–Kier alpha value is -0.820. The first-order chi connectivity index (χ1) is 8.65. The lowest BCUT2D eigenvalue weighted by Gasteiger charge is -2.28. The summed E-state index contributed by atoms with van der Waals surface area (Å²) in [5.74, 6) is 1.82. The van der Waals surface area contributed by atoms with Gasteiger partial charge in [-0.1, -0.05) is 49.6 Å². The van der Waals surface area contributed by atoms with Crippen molar-refractivity contribution in [1.82, 2.24) is 5.32 Å². The van der Waals surface area contributed by atoms with E-state index in [1.807, 2.05) is 0 Å². The normalized spacial score (nSPS) is 25.9. The fourth-order valence-electron chi connectivity index (χ4n) is 3.06. The smallest absolute Gasteiger partial charge is 0.0291 e. The van der Waals surface area contributed by atoms with E-state index in [2.05, 4.69) is 50.4 Å². The highest BCUT2D eigenvalue weighted by Gasteiger charge is 2.19. The van der Waals surface area contributed by atoms with Gasteiger partial charge < -0.3 is 5.32 Å². The summed E-state index contributed by atoms with van der Waals surface area (Å²) in [6.45, 7) is 8.00. The minimum absolute atomic E-state index is 0.475. The third kappa shape index (κ3) is 3.84. The summed E-state index contributed by atoms with van der Waals surface area (Å²) >= 11 is 0. The molecule has 0 saturated heterocycles. The summed E-state index contributed by atoms with van der Waals surface area (Å²) in [4.78, 5) is 0. The molecule has 1 aliphatic carbocycles. The van der Waals surface area contributed by atoms with Gasteiger partial charge in [-0.3, -0.25) is 0 Å². The van der Waals surface area contributed by atoms with Crippen LogP contribution in [-0.4, -0.2) is 6.54 Å². The summed E-state index contributed by atoms with van der Waals surface area (Å²) in [5.41, 5.74) is 2.75. The van der Waals surface area contributed by atoms with Gasteiger partial charge in [-0.05, 0) is 50.6 Å².